The Morgan fingerprint density at radius 3 is 2.33 bits per heavy atom. The SMILES string of the molecule is CC(=O)N1CCc2c(c(-c3ccc(C(F)(F)F)cc3)nn2CC(O)CN2CCN(c3ccccc3C)CC2)C1. The van der Waals surface area contributed by atoms with Crippen LogP contribution < -0.4 is 4.90 Å². The topological polar surface area (TPSA) is 64.8 Å². The second-order valence-corrected chi connectivity index (χ2v) is 10.4. The van der Waals surface area contributed by atoms with E-state index in [9.17, 15) is 23.1 Å². The van der Waals surface area contributed by atoms with Gasteiger partial charge >= 0.3 is 6.18 Å². The molecule has 10 heteroatoms. The molecule has 0 spiro atoms. The zero-order valence-electron chi connectivity index (χ0n) is 22.3. The summed E-state index contributed by atoms with van der Waals surface area (Å²) in [5.74, 6) is -0.0587. The molecule has 1 unspecified atom stereocenters. The number of carbonyl (C=O) groups excluding carboxylic acids is 1. The summed E-state index contributed by atoms with van der Waals surface area (Å²) in [5.41, 5.74) is 4.65. The van der Waals surface area contributed by atoms with Crippen LogP contribution in [0.3, 0.4) is 0 Å². The van der Waals surface area contributed by atoms with Gasteiger partial charge in [-0.2, -0.15) is 18.3 Å². The minimum Gasteiger partial charge on any atom is -0.390 e. The number of anilines is 1. The molecule has 5 rings (SSSR count). The molecule has 2 aliphatic rings. The number of fused-ring (bicyclic) bond motifs is 1. The van der Waals surface area contributed by atoms with Crippen molar-refractivity contribution in [3.8, 4) is 11.3 Å². The van der Waals surface area contributed by atoms with Gasteiger partial charge in [0.1, 0.15) is 0 Å². The number of hydrogen-bond acceptors (Lipinski definition) is 5. The van der Waals surface area contributed by atoms with Crippen molar-refractivity contribution in [3.05, 3.63) is 70.9 Å². The van der Waals surface area contributed by atoms with Gasteiger partial charge in [0.05, 0.1) is 23.9 Å². The van der Waals surface area contributed by atoms with Crippen LogP contribution in [-0.4, -0.2) is 76.0 Å². The van der Waals surface area contributed by atoms with E-state index in [1.807, 2.05) is 6.07 Å². The van der Waals surface area contributed by atoms with Crippen molar-refractivity contribution in [3.63, 3.8) is 0 Å². The highest BCUT2D eigenvalue weighted by atomic mass is 19.4. The van der Waals surface area contributed by atoms with Crippen molar-refractivity contribution in [1.29, 1.82) is 0 Å². The number of carbonyl (C=O) groups is 1. The lowest BCUT2D eigenvalue weighted by Gasteiger charge is -2.37. The van der Waals surface area contributed by atoms with E-state index in [0.717, 1.165) is 49.6 Å². The molecule has 1 N–H and O–H groups in total. The number of β-amino-alcohol motifs (C(OH)–C–C–N with tert-alkyl or cyclic N) is 1. The molecule has 7 nitrogen and oxygen atoms in total. The first-order chi connectivity index (χ1) is 18.6. The van der Waals surface area contributed by atoms with Gasteiger partial charge in [0.2, 0.25) is 5.91 Å². The van der Waals surface area contributed by atoms with Gasteiger partial charge in [-0.05, 0) is 30.7 Å². The fraction of sp³-hybridized carbons (Fsp3) is 0.448. The molecule has 0 saturated carbocycles. The molecule has 1 aromatic heterocycles. The fourth-order valence-corrected chi connectivity index (χ4v) is 5.60. The third-order valence-electron chi connectivity index (χ3n) is 7.75. The Morgan fingerprint density at radius 1 is 1.00 bits per heavy atom. The second-order valence-electron chi connectivity index (χ2n) is 10.4. The highest BCUT2D eigenvalue weighted by molar-refractivity contribution is 5.74. The summed E-state index contributed by atoms with van der Waals surface area (Å²) in [6, 6.07) is 13.3. The lowest BCUT2D eigenvalue weighted by atomic mass is 10.00. The maximum Gasteiger partial charge on any atom is 0.416 e. The third-order valence-corrected chi connectivity index (χ3v) is 7.75. The Kier molecular flexibility index (Phi) is 7.68. The Balaban J connectivity index is 1.30. The first-order valence-electron chi connectivity index (χ1n) is 13.3. The van der Waals surface area contributed by atoms with Crippen molar-refractivity contribution in [2.75, 3.05) is 44.2 Å². The molecule has 1 amide bonds. The number of benzene rings is 2. The molecule has 39 heavy (non-hydrogen) atoms. The molecule has 0 radical (unpaired) electrons. The van der Waals surface area contributed by atoms with Crippen LogP contribution in [0.2, 0.25) is 0 Å². The number of nitrogens with zero attached hydrogens (tertiary/aromatic N) is 5. The number of rotatable bonds is 6. The minimum absolute atomic E-state index is 0.0587. The summed E-state index contributed by atoms with van der Waals surface area (Å²) in [4.78, 5) is 18.4. The molecule has 3 aromatic rings. The smallest absolute Gasteiger partial charge is 0.390 e. The molecule has 2 aromatic carbocycles. The van der Waals surface area contributed by atoms with Gasteiger partial charge in [0.15, 0.2) is 0 Å². The van der Waals surface area contributed by atoms with E-state index in [0.29, 0.717) is 37.3 Å². The van der Waals surface area contributed by atoms with Gasteiger partial charge in [-0.1, -0.05) is 30.3 Å². The number of aryl methyl sites for hydroxylation is 1. The number of para-hydroxylation sites is 1. The van der Waals surface area contributed by atoms with Gasteiger partial charge in [-0.25, -0.2) is 0 Å². The van der Waals surface area contributed by atoms with E-state index >= 15 is 0 Å². The van der Waals surface area contributed by atoms with Crippen molar-refractivity contribution < 1.29 is 23.1 Å². The fourth-order valence-electron chi connectivity index (χ4n) is 5.60. The maximum atomic E-state index is 13.1. The number of hydrogen-bond donors (Lipinski definition) is 1. The largest absolute Gasteiger partial charge is 0.416 e. The van der Waals surface area contributed by atoms with Crippen molar-refractivity contribution in [2.45, 2.75) is 45.6 Å². The number of halogens is 3. The Morgan fingerprint density at radius 2 is 1.69 bits per heavy atom. The second kappa shape index (κ2) is 11.0. The van der Waals surface area contributed by atoms with Gasteiger partial charge in [-0.3, -0.25) is 14.4 Å². The van der Waals surface area contributed by atoms with E-state index in [-0.39, 0.29) is 12.5 Å². The van der Waals surface area contributed by atoms with Crippen LogP contribution in [0, 0.1) is 6.92 Å². The number of piperazine rings is 1. The van der Waals surface area contributed by atoms with Gasteiger partial charge < -0.3 is 14.9 Å². The molecule has 0 aliphatic carbocycles. The molecular weight excluding hydrogens is 507 g/mol. The number of aromatic nitrogens is 2. The first-order valence-corrected chi connectivity index (χ1v) is 13.3. The standard InChI is InChI=1S/C29H34F3N5O2/c1-20-5-3-4-6-26(20)35-15-13-34(14-16-35)17-24(39)18-37-27-11-12-36(21(2)38)19-25(27)28(33-37)22-7-9-23(10-8-22)29(30,31)32/h3-10,24,39H,11-19H2,1-2H3. The van der Waals surface area contributed by atoms with E-state index in [1.54, 1.807) is 9.58 Å². The minimum atomic E-state index is -4.42. The van der Waals surface area contributed by atoms with Gasteiger partial charge in [-0.15, -0.1) is 0 Å². The number of amides is 1. The summed E-state index contributed by atoms with van der Waals surface area (Å²) in [6.45, 7) is 8.74. The predicted molar refractivity (Wildman–Crippen MR) is 143 cm³/mol. The molecular formula is C29H34F3N5O2. The van der Waals surface area contributed by atoms with Crippen LogP contribution in [0.5, 0.6) is 0 Å². The molecule has 3 heterocycles. The van der Waals surface area contributed by atoms with Gasteiger partial charge in [0, 0.05) is 81.7 Å². The lowest BCUT2D eigenvalue weighted by Crippen LogP contribution is -2.49. The summed E-state index contributed by atoms with van der Waals surface area (Å²) >= 11 is 0. The summed E-state index contributed by atoms with van der Waals surface area (Å²) in [5, 5.41) is 15.8. The monoisotopic (exact) mass is 541 g/mol. The molecule has 1 saturated heterocycles. The predicted octanol–water partition coefficient (Wildman–Crippen LogP) is 3.97. The van der Waals surface area contributed by atoms with E-state index in [2.05, 4.69) is 34.9 Å². The maximum absolute atomic E-state index is 13.1. The lowest BCUT2D eigenvalue weighted by molar-refractivity contribution is -0.137. The van der Waals surface area contributed by atoms with Crippen LogP contribution in [-0.2, 0) is 30.5 Å². The summed E-state index contributed by atoms with van der Waals surface area (Å²) in [6.07, 6.45) is -4.51. The Hall–Kier alpha value is -3.37. The quantitative estimate of drug-likeness (QED) is 0.512. The number of aliphatic hydroxyl groups is 1. The number of aliphatic hydroxyl groups excluding tert-OH is 1. The Labute approximate surface area is 226 Å². The zero-order valence-corrected chi connectivity index (χ0v) is 22.3. The highest BCUT2D eigenvalue weighted by Crippen LogP contribution is 2.34. The normalized spacial score (nSPS) is 17.3. The zero-order chi connectivity index (χ0) is 27.7. The van der Waals surface area contributed by atoms with Crippen LogP contribution in [0.4, 0.5) is 18.9 Å². The highest BCUT2D eigenvalue weighted by Gasteiger charge is 2.31. The third kappa shape index (κ3) is 5.96. The molecule has 1 atom stereocenters. The Bertz CT molecular complexity index is 1310. The van der Waals surface area contributed by atoms with E-state index < -0.39 is 17.8 Å². The molecule has 1 fully saturated rings. The van der Waals surface area contributed by atoms with E-state index in [4.69, 9.17) is 5.10 Å². The van der Waals surface area contributed by atoms with E-state index in [1.165, 1.54) is 30.3 Å². The first kappa shape index (κ1) is 27.2. The molecule has 0 bridgehead atoms. The van der Waals surface area contributed by atoms with Crippen LogP contribution >= 0.6 is 0 Å². The van der Waals surface area contributed by atoms with Crippen LogP contribution in [0.15, 0.2) is 48.5 Å². The summed E-state index contributed by atoms with van der Waals surface area (Å²) in [7, 11) is 0. The van der Waals surface area contributed by atoms with Gasteiger partial charge in [0.25, 0.3) is 0 Å². The number of alkyl halides is 3. The average molecular weight is 542 g/mol. The van der Waals surface area contributed by atoms with Crippen LogP contribution in [0.25, 0.3) is 11.3 Å². The van der Waals surface area contributed by atoms with Crippen molar-refractivity contribution in [2.24, 2.45) is 0 Å². The molecule has 2 aliphatic heterocycles. The summed E-state index contributed by atoms with van der Waals surface area (Å²) < 4.78 is 41.1. The van der Waals surface area contributed by atoms with Crippen molar-refractivity contribution >= 4 is 11.6 Å². The van der Waals surface area contributed by atoms with Crippen molar-refractivity contribution in [1.82, 2.24) is 19.6 Å². The van der Waals surface area contributed by atoms with Crippen LogP contribution in [0.1, 0.15) is 29.3 Å². The molecule has 208 valence electrons. The average Bonchev–Trinajstić information content (AvgIpc) is 3.26.